The Hall–Kier alpha value is -1.18. The van der Waals surface area contributed by atoms with Crippen LogP contribution in [0.15, 0.2) is 27.9 Å². The predicted octanol–water partition coefficient (Wildman–Crippen LogP) is 2.55. The van der Waals surface area contributed by atoms with Crippen LogP contribution in [0.1, 0.15) is 34.1 Å². The highest BCUT2D eigenvalue weighted by atomic mass is 32.2. The van der Waals surface area contributed by atoms with E-state index < -0.39 is 15.6 Å². The Kier molecular flexibility index (Phi) is 4.28. The number of benzene rings is 1. The van der Waals surface area contributed by atoms with Gasteiger partial charge in [-0.3, -0.25) is 9.36 Å². The SMILES string of the molecule is CCCn1c(=O)sc2cc(S(=O)(=O)NC(C)(C)C)ccc21. The highest BCUT2D eigenvalue weighted by Crippen LogP contribution is 2.22. The van der Waals surface area contributed by atoms with Crippen molar-refractivity contribution in [3.8, 4) is 0 Å². The van der Waals surface area contributed by atoms with Gasteiger partial charge in [0, 0.05) is 12.1 Å². The lowest BCUT2D eigenvalue weighted by Crippen LogP contribution is -2.40. The Morgan fingerprint density at radius 1 is 1.29 bits per heavy atom. The first-order valence-electron chi connectivity index (χ1n) is 6.81. The van der Waals surface area contributed by atoms with Crippen molar-refractivity contribution in [1.29, 1.82) is 0 Å². The van der Waals surface area contributed by atoms with Crippen molar-refractivity contribution in [2.75, 3.05) is 0 Å². The van der Waals surface area contributed by atoms with Crippen LogP contribution in [0.2, 0.25) is 0 Å². The molecule has 0 spiro atoms. The molecule has 0 atom stereocenters. The van der Waals surface area contributed by atoms with Gasteiger partial charge in [-0.05, 0) is 45.4 Å². The van der Waals surface area contributed by atoms with Gasteiger partial charge in [0.25, 0.3) is 0 Å². The zero-order chi connectivity index (χ0) is 15.8. The first-order valence-corrected chi connectivity index (χ1v) is 9.11. The third-order valence-corrected chi connectivity index (χ3v) is 5.54. The number of sulfonamides is 1. The molecule has 0 aliphatic carbocycles. The van der Waals surface area contributed by atoms with Crippen LogP contribution in [0.5, 0.6) is 0 Å². The van der Waals surface area contributed by atoms with Crippen molar-refractivity contribution in [2.24, 2.45) is 0 Å². The highest BCUT2D eigenvalue weighted by molar-refractivity contribution is 7.89. The fourth-order valence-electron chi connectivity index (χ4n) is 2.11. The van der Waals surface area contributed by atoms with E-state index in [0.29, 0.717) is 11.2 Å². The maximum atomic E-state index is 12.3. The molecular weight excluding hydrogens is 308 g/mol. The summed E-state index contributed by atoms with van der Waals surface area (Å²) < 4.78 is 29.6. The summed E-state index contributed by atoms with van der Waals surface area (Å²) in [5, 5.41) is 0. The standard InChI is InChI=1S/C14H20N2O3S2/c1-5-8-16-11-7-6-10(9-12(11)20-13(16)17)21(18,19)15-14(2,3)4/h6-7,9,15H,5,8H2,1-4H3. The van der Waals surface area contributed by atoms with Crippen molar-refractivity contribution in [1.82, 2.24) is 9.29 Å². The molecule has 0 fully saturated rings. The molecule has 1 aromatic carbocycles. The molecule has 0 amide bonds. The molecular formula is C14H20N2O3S2. The minimum Gasteiger partial charge on any atom is -0.299 e. The Labute approximate surface area is 128 Å². The van der Waals surface area contributed by atoms with E-state index in [-0.39, 0.29) is 9.77 Å². The van der Waals surface area contributed by atoms with Crippen molar-refractivity contribution >= 4 is 31.6 Å². The number of rotatable bonds is 4. The summed E-state index contributed by atoms with van der Waals surface area (Å²) >= 11 is 1.08. The lowest BCUT2D eigenvalue weighted by atomic mass is 10.1. The van der Waals surface area contributed by atoms with Crippen LogP contribution >= 0.6 is 11.3 Å². The van der Waals surface area contributed by atoms with Crippen LogP contribution in [0.25, 0.3) is 10.2 Å². The molecule has 1 aromatic heterocycles. The van der Waals surface area contributed by atoms with Gasteiger partial charge in [0.15, 0.2) is 0 Å². The third-order valence-electron chi connectivity index (χ3n) is 2.84. The summed E-state index contributed by atoms with van der Waals surface area (Å²) in [6.07, 6.45) is 0.859. The number of nitrogens with zero attached hydrogens (tertiary/aromatic N) is 1. The molecule has 0 unspecified atom stereocenters. The quantitative estimate of drug-likeness (QED) is 0.938. The van der Waals surface area contributed by atoms with Gasteiger partial charge in [-0.25, -0.2) is 13.1 Å². The second-order valence-electron chi connectivity index (χ2n) is 6.00. The summed E-state index contributed by atoms with van der Waals surface area (Å²) in [5.41, 5.74) is 0.247. The van der Waals surface area contributed by atoms with E-state index in [1.165, 1.54) is 0 Å². The van der Waals surface area contributed by atoms with Gasteiger partial charge in [0.1, 0.15) is 0 Å². The first kappa shape index (κ1) is 16.2. The predicted molar refractivity (Wildman–Crippen MR) is 86.5 cm³/mol. The molecule has 0 saturated heterocycles. The number of hydrogen-bond donors (Lipinski definition) is 1. The third kappa shape index (κ3) is 3.53. The first-order chi connectivity index (χ1) is 9.64. The van der Waals surface area contributed by atoms with Gasteiger partial charge in [0.05, 0.1) is 15.1 Å². The van der Waals surface area contributed by atoms with E-state index in [2.05, 4.69) is 4.72 Å². The van der Waals surface area contributed by atoms with Crippen molar-refractivity contribution in [3.63, 3.8) is 0 Å². The van der Waals surface area contributed by atoms with E-state index >= 15 is 0 Å². The Morgan fingerprint density at radius 3 is 2.52 bits per heavy atom. The zero-order valence-corrected chi connectivity index (χ0v) is 14.3. The normalized spacial score (nSPS) is 13.0. The minimum atomic E-state index is -3.58. The van der Waals surface area contributed by atoms with Crippen LogP contribution in [0, 0.1) is 0 Å². The Bertz CT molecular complexity index is 811. The largest absolute Gasteiger partial charge is 0.308 e. The van der Waals surface area contributed by atoms with E-state index in [9.17, 15) is 13.2 Å². The molecule has 21 heavy (non-hydrogen) atoms. The molecule has 1 heterocycles. The Balaban J connectivity index is 2.52. The number of aromatic nitrogens is 1. The van der Waals surface area contributed by atoms with Crippen LogP contribution in [0.3, 0.4) is 0 Å². The molecule has 7 heteroatoms. The minimum absolute atomic E-state index is 0.0508. The lowest BCUT2D eigenvalue weighted by Gasteiger charge is -2.20. The summed E-state index contributed by atoms with van der Waals surface area (Å²) in [7, 11) is -3.58. The molecule has 0 aliphatic heterocycles. The maximum absolute atomic E-state index is 12.3. The van der Waals surface area contributed by atoms with Gasteiger partial charge >= 0.3 is 4.87 Å². The Morgan fingerprint density at radius 2 is 1.95 bits per heavy atom. The van der Waals surface area contributed by atoms with Crippen molar-refractivity contribution in [2.45, 2.75) is 51.1 Å². The second-order valence-corrected chi connectivity index (χ2v) is 8.68. The summed E-state index contributed by atoms with van der Waals surface area (Å²) in [6, 6.07) is 4.83. The second kappa shape index (κ2) is 5.55. The van der Waals surface area contributed by atoms with Gasteiger partial charge in [-0.1, -0.05) is 18.3 Å². The highest BCUT2D eigenvalue weighted by Gasteiger charge is 2.22. The number of hydrogen-bond acceptors (Lipinski definition) is 4. The topological polar surface area (TPSA) is 68.2 Å². The fourth-order valence-corrected chi connectivity index (χ4v) is 4.59. The van der Waals surface area contributed by atoms with Crippen molar-refractivity contribution < 1.29 is 8.42 Å². The van der Waals surface area contributed by atoms with Gasteiger partial charge in [-0.2, -0.15) is 0 Å². The van der Waals surface area contributed by atoms with E-state index in [0.717, 1.165) is 23.3 Å². The fraction of sp³-hybridized carbons (Fsp3) is 0.500. The van der Waals surface area contributed by atoms with Crippen LogP contribution in [-0.2, 0) is 16.6 Å². The van der Waals surface area contributed by atoms with Crippen LogP contribution < -0.4 is 9.60 Å². The number of thiazole rings is 1. The molecule has 2 aromatic rings. The summed E-state index contributed by atoms with van der Waals surface area (Å²) in [6.45, 7) is 8.02. The smallest absolute Gasteiger partial charge is 0.299 e. The van der Waals surface area contributed by atoms with Crippen molar-refractivity contribution in [3.05, 3.63) is 27.9 Å². The van der Waals surface area contributed by atoms with Crippen LogP contribution in [0.4, 0.5) is 0 Å². The monoisotopic (exact) mass is 328 g/mol. The molecule has 116 valence electrons. The van der Waals surface area contributed by atoms with E-state index in [4.69, 9.17) is 0 Å². The lowest BCUT2D eigenvalue weighted by molar-refractivity contribution is 0.491. The molecule has 0 saturated carbocycles. The summed E-state index contributed by atoms with van der Waals surface area (Å²) in [4.78, 5) is 12.1. The average Bonchev–Trinajstić information content (AvgIpc) is 2.63. The zero-order valence-electron chi connectivity index (χ0n) is 12.6. The number of aryl methyl sites for hydroxylation is 1. The van der Waals surface area contributed by atoms with E-state index in [1.54, 1.807) is 43.5 Å². The molecule has 5 nitrogen and oxygen atoms in total. The molecule has 2 rings (SSSR count). The summed E-state index contributed by atoms with van der Waals surface area (Å²) in [5.74, 6) is 0. The average molecular weight is 328 g/mol. The van der Waals surface area contributed by atoms with Gasteiger partial charge in [-0.15, -0.1) is 0 Å². The number of fused-ring (bicyclic) bond motifs is 1. The molecule has 1 N–H and O–H groups in total. The number of nitrogens with one attached hydrogen (secondary N) is 1. The van der Waals surface area contributed by atoms with Crippen LogP contribution in [-0.4, -0.2) is 18.5 Å². The maximum Gasteiger partial charge on any atom is 0.308 e. The van der Waals surface area contributed by atoms with E-state index in [1.807, 2.05) is 6.92 Å². The van der Waals surface area contributed by atoms with Gasteiger partial charge in [0.2, 0.25) is 10.0 Å². The molecule has 0 aliphatic rings. The van der Waals surface area contributed by atoms with Gasteiger partial charge < -0.3 is 0 Å². The molecule has 0 radical (unpaired) electrons. The molecule has 0 bridgehead atoms.